The largest absolute Gasteiger partial charge is 0.248 e. The van der Waals surface area contributed by atoms with Crippen LogP contribution >= 0.6 is 0 Å². The second-order valence-corrected chi connectivity index (χ2v) is 3.76. The van der Waals surface area contributed by atoms with E-state index in [4.69, 9.17) is 0 Å². The van der Waals surface area contributed by atoms with Crippen molar-refractivity contribution >= 4 is 10.9 Å². The first-order valence-corrected chi connectivity index (χ1v) is 8.35. The molecule has 118 valence electrons. The number of fused-ring (bicyclic) bond motifs is 1. The highest BCUT2D eigenvalue weighted by Crippen LogP contribution is 2.20. The van der Waals surface area contributed by atoms with Gasteiger partial charge in [-0.1, -0.05) is 96.1 Å². The van der Waals surface area contributed by atoms with Gasteiger partial charge in [0.05, 0.1) is 11.2 Å². The third kappa shape index (κ3) is 5.69. The van der Waals surface area contributed by atoms with Crippen LogP contribution in [0, 0.1) is 0 Å². The van der Waals surface area contributed by atoms with E-state index < -0.39 is 0 Å². The Morgan fingerprint density at radius 1 is 0.545 bits per heavy atom. The van der Waals surface area contributed by atoms with E-state index in [2.05, 4.69) is 35.3 Å². The highest BCUT2D eigenvalue weighted by molar-refractivity contribution is 5.81. The monoisotopic (exact) mass is 295 g/mol. The number of para-hydroxylation sites is 1. The Balaban J connectivity index is 0.000000661. The summed E-state index contributed by atoms with van der Waals surface area (Å²) in [6.45, 7) is 12.0. The van der Waals surface area contributed by atoms with Gasteiger partial charge < -0.3 is 0 Å². The molecule has 0 saturated carbocycles. The maximum atomic E-state index is 4.65. The summed E-state index contributed by atoms with van der Waals surface area (Å²) in [4.78, 5) is 4.65. The molecule has 1 heteroatoms. The van der Waals surface area contributed by atoms with Crippen LogP contribution in [0.25, 0.3) is 22.2 Å². The van der Waals surface area contributed by atoms with Gasteiger partial charge in [-0.05, 0) is 12.1 Å². The molecular formula is C21H29N. The molecule has 0 radical (unpaired) electrons. The lowest BCUT2D eigenvalue weighted by Gasteiger charge is -2.02. The van der Waals surface area contributed by atoms with E-state index in [-0.39, 0.29) is 0 Å². The van der Waals surface area contributed by atoms with Crippen LogP contribution in [0.15, 0.2) is 66.7 Å². The molecule has 0 fully saturated rings. The Morgan fingerprint density at radius 2 is 1.09 bits per heavy atom. The number of hydrogen-bond donors (Lipinski definition) is 0. The summed E-state index contributed by atoms with van der Waals surface area (Å²) in [7, 11) is 0. The lowest BCUT2D eigenvalue weighted by molar-refractivity contribution is 1.40. The number of rotatable bonds is 1. The van der Waals surface area contributed by atoms with E-state index in [0.29, 0.717) is 0 Å². The van der Waals surface area contributed by atoms with Crippen molar-refractivity contribution in [2.45, 2.75) is 41.5 Å². The summed E-state index contributed by atoms with van der Waals surface area (Å²) >= 11 is 0. The van der Waals surface area contributed by atoms with Crippen molar-refractivity contribution in [2.24, 2.45) is 0 Å². The molecule has 3 rings (SSSR count). The first kappa shape index (κ1) is 19.9. The Labute approximate surface area is 136 Å². The van der Waals surface area contributed by atoms with Crippen LogP contribution in [-0.4, -0.2) is 4.98 Å². The number of nitrogens with zero attached hydrogens (tertiary/aromatic N) is 1. The van der Waals surface area contributed by atoms with Crippen LogP contribution in [0.2, 0.25) is 0 Å². The van der Waals surface area contributed by atoms with Crippen molar-refractivity contribution in [1.29, 1.82) is 0 Å². The van der Waals surface area contributed by atoms with Gasteiger partial charge in [0.2, 0.25) is 0 Å². The fourth-order valence-electron chi connectivity index (χ4n) is 1.84. The van der Waals surface area contributed by atoms with Crippen LogP contribution in [0.1, 0.15) is 41.5 Å². The van der Waals surface area contributed by atoms with Crippen molar-refractivity contribution in [3.8, 4) is 11.3 Å². The summed E-state index contributed by atoms with van der Waals surface area (Å²) in [6, 6.07) is 22.6. The Hall–Kier alpha value is -2.15. The molecule has 0 saturated heterocycles. The maximum absolute atomic E-state index is 4.65. The molecule has 0 amide bonds. The minimum Gasteiger partial charge on any atom is -0.248 e. The quantitative estimate of drug-likeness (QED) is 0.472. The normalized spacial score (nSPS) is 8.45. The number of benzene rings is 2. The van der Waals surface area contributed by atoms with Gasteiger partial charge in [-0.15, -0.1) is 0 Å². The van der Waals surface area contributed by atoms with E-state index in [9.17, 15) is 0 Å². The minimum absolute atomic E-state index is 1.03. The first-order chi connectivity index (χ1) is 10.9. The molecule has 1 nitrogen and oxygen atoms in total. The van der Waals surface area contributed by atoms with Gasteiger partial charge in [0.15, 0.2) is 0 Å². The molecule has 0 atom stereocenters. The molecule has 0 aliphatic rings. The molecule has 1 heterocycles. The van der Waals surface area contributed by atoms with Crippen molar-refractivity contribution < 1.29 is 0 Å². The van der Waals surface area contributed by atoms with Crippen LogP contribution in [0.3, 0.4) is 0 Å². The molecule has 22 heavy (non-hydrogen) atoms. The lowest BCUT2D eigenvalue weighted by Crippen LogP contribution is -1.84. The predicted molar refractivity (Wildman–Crippen MR) is 101 cm³/mol. The molecule has 1 aromatic heterocycles. The SMILES string of the molecule is CC.CC.CC.c1ccc(-c2ccc3ccccc3n2)cc1. The zero-order valence-corrected chi connectivity index (χ0v) is 14.8. The number of aromatic nitrogens is 1. The fraction of sp³-hybridized carbons (Fsp3) is 0.286. The average molecular weight is 295 g/mol. The summed E-state index contributed by atoms with van der Waals surface area (Å²) in [5.74, 6) is 0. The molecule has 0 spiro atoms. The molecule has 0 N–H and O–H groups in total. The van der Waals surface area contributed by atoms with Crippen molar-refractivity contribution in [3.05, 3.63) is 66.7 Å². The summed E-state index contributed by atoms with van der Waals surface area (Å²) in [5.41, 5.74) is 3.23. The zero-order valence-electron chi connectivity index (χ0n) is 14.8. The van der Waals surface area contributed by atoms with Crippen molar-refractivity contribution in [3.63, 3.8) is 0 Å². The highest BCUT2D eigenvalue weighted by atomic mass is 14.7. The van der Waals surface area contributed by atoms with Gasteiger partial charge in [0, 0.05) is 10.9 Å². The molecule has 0 unspecified atom stereocenters. The van der Waals surface area contributed by atoms with Crippen LogP contribution in [0.5, 0.6) is 0 Å². The van der Waals surface area contributed by atoms with E-state index in [1.807, 2.05) is 77.9 Å². The van der Waals surface area contributed by atoms with E-state index in [0.717, 1.165) is 16.8 Å². The van der Waals surface area contributed by atoms with Crippen LogP contribution in [0.4, 0.5) is 0 Å². The molecule has 3 aromatic rings. The number of hydrogen-bond acceptors (Lipinski definition) is 1. The van der Waals surface area contributed by atoms with E-state index in [1.165, 1.54) is 5.39 Å². The van der Waals surface area contributed by atoms with Crippen molar-refractivity contribution in [2.75, 3.05) is 0 Å². The smallest absolute Gasteiger partial charge is 0.0709 e. The maximum Gasteiger partial charge on any atom is 0.0709 e. The summed E-state index contributed by atoms with van der Waals surface area (Å²) in [5, 5.41) is 1.18. The summed E-state index contributed by atoms with van der Waals surface area (Å²) in [6.07, 6.45) is 0. The van der Waals surface area contributed by atoms with Gasteiger partial charge in [0.25, 0.3) is 0 Å². The molecule has 0 bridgehead atoms. The van der Waals surface area contributed by atoms with E-state index in [1.54, 1.807) is 0 Å². The van der Waals surface area contributed by atoms with Gasteiger partial charge in [0.1, 0.15) is 0 Å². The first-order valence-electron chi connectivity index (χ1n) is 8.35. The van der Waals surface area contributed by atoms with Gasteiger partial charge >= 0.3 is 0 Å². The lowest BCUT2D eigenvalue weighted by atomic mass is 10.1. The fourth-order valence-corrected chi connectivity index (χ4v) is 1.84. The zero-order chi connectivity index (χ0) is 16.8. The van der Waals surface area contributed by atoms with Crippen molar-refractivity contribution in [1.82, 2.24) is 4.98 Å². The molecule has 2 aromatic carbocycles. The molecule has 0 aliphatic heterocycles. The average Bonchev–Trinajstić information content (AvgIpc) is 2.67. The topological polar surface area (TPSA) is 12.9 Å². The van der Waals surface area contributed by atoms with Gasteiger partial charge in [-0.3, -0.25) is 0 Å². The summed E-state index contributed by atoms with van der Waals surface area (Å²) < 4.78 is 0. The Morgan fingerprint density at radius 3 is 1.73 bits per heavy atom. The third-order valence-corrected chi connectivity index (χ3v) is 2.67. The Bertz CT molecular complexity index is 615. The van der Waals surface area contributed by atoms with Crippen LogP contribution in [-0.2, 0) is 0 Å². The highest BCUT2D eigenvalue weighted by Gasteiger charge is 1.99. The second-order valence-electron chi connectivity index (χ2n) is 3.76. The third-order valence-electron chi connectivity index (χ3n) is 2.67. The molecule has 0 aliphatic carbocycles. The van der Waals surface area contributed by atoms with Crippen LogP contribution < -0.4 is 0 Å². The predicted octanol–water partition coefficient (Wildman–Crippen LogP) is 6.98. The number of pyridine rings is 1. The standard InChI is InChI=1S/C15H11N.3C2H6/c1-2-6-12(7-3-1)15-11-10-13-8-4-5-9-14(13)16-15;3*1-2/h1-11H;3*1-2H3. The minimum atomic E-state index is 1.03. The van der Waals surface area contributed by atoms with E-state index >= 15 is 0 Å². The van der Waals surface area contributed by atoms with Gasteiger partial charge in [-0.2, -0.15) is 0 Å². The second kappa shape index (κ2) is 12.6. The molecular weight excluding hydrogens is 266 g/mol. The van der Waals surface area contributed by atoms with Gasteiger partial charge in [-0.25, -0.2) is 4.98 Å². The Kier molecular flexibility index (Phi) is 11.4.